The Morgan fingerprint density at radius 2 is 1.75 bits per heavy atom. The first-order valence-electron chi connectivity index (χ1n) is 5.80. The normalized spacial score (nSPS) is 28.4. The molecule has 0 heterocycles. The SMILES string of the molecule is CC1CCC(NC(=O)C(C)S(C)(=O)=O)CC1. The van der Waals surface area contributed by atoms with Crippen LogP contribution in [-0.2, 0) is 14.6 Å². The average molecular weight is 247 g/mol. The molecule has 94 valence electrons. The van der Waals surface area contributed by atoms with Gasteiger partial charge < -0.3 is 5.32 Å². The Morgan fingerprint density at radius 3 is 2.19 bits per heavy atom. The predicted molar refractivity (Wildman–Crippen MR) is 63.9 cm³/mol. The fourth-order valence-corrected chi connectivity index (χ4v) is 2.37. The minimum atomic E-state index is -3.28. The Balaban J connectivity index is 2.46. The summed E-state index contributed by atoms with van der Waals surface area (Å²) in [5.41, 5.74) is 0. The Labute approximate surface area is 97.7 Å². The summed E-state index contributed by atoms with van der Waals surface area (Å²) in [5.74, 6) is 0.363. The maximum atomic E-state index is 11.6. The third-order valence-corrected chi connectivity index (χ3v) is 4.87. The van der Waals surface area contributed by atoms with Crippen LogP contribution in [-0.4, -0.2) is 31.9 Å². The average Bonchev–Trinajstić information content (AvgIpc) is 2.19. The Bertz CT molecular complexity index is 342. The zero-order valence-electron chi connectivity index (χ0n) is 10.2. The third kappa shape index (κ3) is 3.77. The highest BCUT2D eigenvalue weighted by Crippen LogP contribution is 2.23. The number of hydrogen-bond donors (Lipinski definition) is 1. The monoisotopic (exact) mass is 247 g/mol. The van der Waals surface area contributed by atoms with Gasteiger partial charge in [-0.15, -0.1) is 0 Å². The largest absolute Gasteiger partial charge is 0.352 e. The van der Waals surface area contributed by atoms with E-state index in [-0.39, 0.29) is 11.9 Å². The van der Waals surface area contributed by atoms with E-state index < -0.39 is 15.1 Å². The van der Waals surface area contributed by atoms with E-state index in [4.69, 9.17) is 0 Å². The highest BCUT2D eigenvalue weighted by atomic mass is 32.2. The minimum Gasteiger partial charge on any atom is -0.352 e. The van der Waals surface area contributed by atoms with E-state index in [0.717, 1.165) is 37.9 Å². The second-order valence-electron chi connectivity index (χ2n) is 4.94. The summed E-state index contributed by atoms with van der Waals surface area (Å²) >= 11 is 0. The second kappa shape index (κ2) is 5.17. The zero-order valence-corrected chi connectivity index (χ0v) is 11.0. The van der Waals surface area contributed by atoms with Gasteiger partial charge in [0.05, 0.1) is 0 Å². The molecular formula is C11H21NO3S. The maximum absolute atomic E-state index is 11.6. The molecule has 1 amide bonds. The van der Waals surface area contributed by atoms with Crippen molar-refractivity contribution in [1.29, 1.82) is 0 Å². The van der Waals surface area contributed by atoms with Crippen LogP contribution in [0.15, 0.2) is 0 Å². The summed E-state index contributed by atoms with van der Waals surface area (Å²) in [4.78, 5) is 11.6. The van der Waals surface area contributed by atoms with E-state index in [1.807, 2.05) is 0 Å². The van der Waals surface area contributed by atoms with Crippen molar-refractivity contribution in [1.82, 2.24) is 5.32 Å². The first-order chi connectivity index (χ1) is 7.30. The lowest BCUT2D eigenvalue weighted by molar-refractivity contribution is -0.121. The van der Waals surface area contributed by atoms with Gasteiger partial charge in [0.15, 0.2) is 9.84 Å². The summed E-state index contributed by atoms with van der Waals surface area (Å²) in [6.07, 6.45) is 5.24. The van der Waals surface area contributed by atoms with Gasteiger partial charge in [0.2, 0.25) is 5.91 Å². The molecule has 1 atom stereocenters. The molecule has 1 N–H and O–H groups in total. The van der Waals surface area contributed by atoms with Gasteiger partial charge in [-0.3, -0.25) is 4.79 Å². The van der Waals surface area contributed by atoms with E-state index >= 15 is 0 Å². The molecule has 1 aliphatic carbocycles. The van der Waals surface area contributed by atoms with Gasteiger partial charge in [-0.25, -0.2) is 8.42 Å². The number of hydrogen-bond acceptors (Lipinski definition) is 3. The van der Waals surface area contributed by atoms with Gasteiger partial charge in [0, 0.05) is 12.3 Å². The van der Waals surface area contributed by atoms with Crippen LogP contribution in [0.3, 0.4) is 0 Å². The van der Waals surface area contributed by atoms with Crippen molar-refractivity contribution in [2.75, 3.05) is 6.26 Å². The molecule has 0 bridgehead atoms. The summed E-state index contributed by atoms with van der Waals surface area (Å²) in [7, 11) is -3.28. The summed E-state index contributed by atoms with van der Waals surface area (Å²) in [6.45, 7) is 3.65. The van der Waals surface area contributed by atoms with E-state index in [2.05, 4.69) is 12.2 Å². The first kappa shape index (κ1) is 13.5. The fourth-order valence-electron chi connectivity index (χ4n) is 1.92. The molecule has 0 radical (unpaired) electrons. The molecule has 0 aromatic rings. The summed E-state index contributed by atoms with van der Waals surface area (Å²) in [5, 5.41) is 1.89. The van der Waals surface area contributed by atoms with Crippen LogP contribution in [0.5, 0.6) is 0 Å². The molecule has 0 spiro atoms. The first-order valence-corrected chi connectivity index (χ1v) is 7.75. The smallest absolute Gasteiger partial charge is 0.238 e. The molecule has 0 aliphatic heterocycles. The van der Waals surface area contributed by atoms with Crippen LogP contribution in [0.25, 0.3) is 0 Å². The van der Waals surface area contributed by atoms with Gasteiger partial charge in [0.25, 0.3) is 0 Å². The van der Waals surface area contributed by atoms with Gasteiger partial charge in [0.1, 0.15) is 5.25 Å². The highest BCUT2D eigenvalue weighted by molar-refractivity contribution is 7.92. The lowest BCUT2D eigenvalue weighted by Crippen LogP contribution is -2.44. The molecule has 1 saturated carbocycles. The quantitative estimate of drug-likeness (QED) is 0.812. The number of rotatable bonds is 3. The summed E-state index contributed by atoms with van der Waals surface area (Å²) < 4.78 is 22.4. The summed E-state index contributed by atoms with van der Waals surface area (Å²) in [6, 6.07) is 0.160. The topological polar surface area (TPSA) is 63.2 Å². The molecule has 5 heteroatoms. The zero-order chi connectivity index (χ0) is 12.3. The van der Waals surface area contributed by atoms with Crippen LogP contribution in [0.2, 0.25) is 0 Å². The Morgan fingerprint density at radius 1 is 1.25 bits per heavy atom. The van der Waals surface area contributed by atoms with E-state index in [0.29, 0.717) is 0 Å². The van der Waals surface area contributed by atoms with Gasteiger partial charge in [-0.05, 0) is 38.5 Å². The molecule has 4 nitrogen and oxygen atoms in total. The fraction of sp³-hybridized carbons (Fsp3) is 0.909. The molecule has 0 aromatic carbocycles. The van der Waals surface area contributed by atoms with Crippen molar-refractivity contribution in [3.05, 3.63) is 0 Å². The van der Waals surface area contributed by atoms with Gasteiger partial charge in [-0.2, -0.15) is 0 Å². The second-order valence-corrected chi connectivity index (χ2v) is 7.30. The predicted octanol–water partition coefficient (Wildman–Crippen LogP) is 1.11. The van der Waals surface area contributed by atoms with Crippen LogP contribution in [0.1, 0.15) is 39.5 Å². The van der Waals surface area contributed by atoms with Crippen LogP contribution < -0.4 is 5.32 Å². The van der Waals surface area contributed by atoms with Crippen LogP contribution >= 0.6 is 0 Å². The van der Waals surface area contributed by atoms with Crippen molar-refractivity contribution in [3.63, 3.8) is 0 Å². The maximum Gasteiger partial charge on any atom is 0.238 e. The molecule has 1 unspecified atom stereocenters. The van der Waals surface area contributed by atoms with Crippen LogP contribution in [0.4, 0.5) is 0 Å². The van der Waals surface area contributed by atoms with E-state index in [1.165, 1.54) is 6.92 Å². The van der Waals surface area contributed by atoms with Crippen molar-refractivity contribution in [3.8, 4) is 0 Å². The van der Waals surface area contributed by atoms with E-state index in [9.17, 15) is 13.2 Å². The number of nitrogens with one attached hydrogen (secondary N) is 1. The molecule has 0 aromatic heterocycles. The lowest BCUT2D eigenvalue weighted by Gasteiger charge is -2.27. The number of amides is 1. The number of carbonyl (C=O) groups excluding carboxylic acids is 1. The Kier molecular flexibility index (Phi) is 4.35. The molecule has 0 saturated heterocycles. The molecular weight excluding hydrogens is 226 g/mol. The van der Waals surface area contributed by atoms with Crippen molar-refractivity contribution in [2.45, 2.75) is 50.8 Å². The third-order valence-electron chi connectivity index (χ3n) is 3.37. The van der Waals surface area contributed by atoms with Crippen molar-refractivity contribution in [2.24, 2.45) is 5.92 Å². The number of carbonyl (C=O) groups is 1. The molecule has 16 heavy (non-hydrogen) atoms. The molecule has 1 fully saturated rings. The Hall–Kier alpha value is -0.580. The van der Waals surface area contributed by atoms with Gasteiger partial charge >= 0.3 is 0 Å². The van der Waals surface area contributed by atoms with E-state index in [1.54, 1.807) is 0 Å². The van der Waals surface area contributed by atoms with Gasteiger partial charge in [-0.1, -0.05) is 6.92 Å². The minimum absolute atomic E-state index is 0.160. The van der Waals surface area contributed by atoms with Crippen molar-refractivity contribution >= 4 is 15.7 Å². The molecule has 1 aliphatic rings. The van der Waals surface area contributed by atoms with Crippen LogP contribution in [0, 0.1) is 5.92 Å². The van der Waals surface area contributed by atoms with Crippen molar-refractivity contribution < 1.29 is 13.2 Å². The lowest BCUT2D eigenvalue weighted by atomic mass is 9.87. The highest BCUT2D eigenvalue weighted by Gasteiger charge is 2.27. The number of sulfone groups is 1. The standard InChI is InChI=1S/C11H21NO3S/c1-8-4-6-10(7-5-8)12-11(13)9(2)16(3,14)15/h8-10H,4-7H2,1-3H3,(H,12,13). The molecule has 1 rings (SSSR count).